The number of benzene rings is 1. The second kappa shape index (κ2) is 7.82. The number of ether oxygens (including phenoxy) is 1. The van der Waals surface area contributed by atoms with Gasteiger partial charge in [0.2, 0.25) is 8.32 Å². The van der Waals surface area contributed by atoms with Crippen molar-refractivity contribution in [1.82, 2.24) is 0 Å². The first kappa shape index (κ1) is 17.8. The zero-order chi connectivity index (χ0) is 16.9. The lowest BCUT2D eigenvalue weighted by atomic mass is 9.96. The molecule has 0 amide bonds. The number of allylic oxidation sites excluding steroid dienone is 1. The molecule has 0 saturated carbocycles. The van der Waals surface area contributed by atoms with Gasteiger partial charge in [0.05, 0.1) is 12.7 Å². The molecular formula is C19H28O3Si. The largest absolute Gasteiger partial charge is 0.544 e. The molecule has 2 rings (SSSR count). The molecule has 0 fully saturated rings. The summed E-state index contributed by atoms with van der Waals surface area (Å²) in [6.45, 7) is 6.80. The van der Waals surface area contributed by atoms with E-state index < -0.39 is 8.32 Å². The maximum absolute atomic E-state index is 11.6. The quantitative estimate of drug-likeness (QED) is 0.558. The molecule has 1 aliphatic rings. The first-order chi connectivity index (χ1) is 10.9. The molecule has 0 aromatic heterocycles. The van der Waals surface area contributed by atoms with Crippen molar-refractivity contribution < 1.29 is 14.0 Å². The SMILES string of the molecule is CCCC1/C=C(/c2ccc(C(=O)OC)cc2)O[Si](C)(C)CCC1. The average molecular weight is 333 g/mol. The fraction of sp³-hybridized carbons (Fsp3) is 0.526. The molecule has 1 aromatic rings. The van der Waals surface area contributed by atoms with Crippen LogP contribution in [-0.2, 0) is 9.16 Å². The highest BCUT2D eigenvalue weighted by atomic mass is 28.4. The van der Waals surface area contributed by atoms with Crippen molar-refractivity contribution in [2.45, 2.75) is 51.7 Å². The third-order valence-corrected chi connectivity index (χ3v) is 6.71. The van der Waals surface area contributed by atoms with Gasteiger partial charge >= 0.3 is 5.97 Å². The standard InChI is InChI=1S/C19H28O3Si/c1-5-7-15-8-6-13-23(3,4)22-18(14-15)16-9-11-17(12-10-16)19(20)21-2/h9-12,14-15H,5-8,13H2,1-4H3/b18-14-. The van der Waals surface area contributed by atoms with E-state index in [1.165, 1.54) is 38.8 Å². The van der Waals surface area contributed by atoms with Crippen molar-refractivity contribution in [2.24, 2.45) is 5.92 Å². The van der Waals surface area contributed by atoms with Crippen molar-refractivity contribution in [3.8, 4) is 0 Å². The van der Waals surface area contributed by atoms with Gasteiger partial charge in [0.15, 0.2) is 0 Å². The maximum Gasteiger partial charge on any atom is 0.337 e. The zero-order valence-electron chi connectivity index (χ0n) is 14.7. The summed E-state index contributed by atoms with van der Waals surface area (Å²) in [4.78, 5) is 11.6. The second-order valence-corrected chi connectivity index (χ2v) is 11.1. The summed E-state index contributed by atoms with van der Waals surface area (Å²) < 4.78 is 11.2. The van der Waals surface area contributed by atoms with Crippen LogP contribution in [0.25, 0.3) is 5.76 Å². The Kier molecular flexibility index (Phi) is 6.05. The molecule has 126 valence electrons. The van der Waals surface area contributed by atoms with Gasteiger partial charge in [-0.15, -0.1) is 0 Å². The third kappa shape index (κ3) is 4.96. The Bertz CT molecular complexity index is 560. The van der Waals surface area contributed by atoms with Crippen molar-refractivity contribution >= 4 is 20.0 Å². The Morgan fingerprint density at radius 3 is 2.61 bits per heavy atom. The maximum atomic E-state index is 11.6. The van der Waals surface area contributed by atoms with Crippen LogP contribution in [0.1, 0.15) is 48.5 Å². The van der Waals surface area contributed by atoms with Gasteiger partial charge in [0, 0.05) is 5.56 Å². The number of hydrogen-bond acceptors (Lipinski definition) is 3. The number of carbonyl (C=O) groups excluding carboxylic acids is 1. The minimum Gasteiger partial charge on any atom is -0.544 e. The Morgan fingerprint density at radius 2 is 2.00 bits per heavy atom. The predicted molar refractivity (Wildman–Crippen MR) is 96.8 cm³/mol. The van der Waals surface area contributed by atoms with Crippen LogP contribution in [0.5, 0.6) is 0 Å². The Balaban J connectivity index is 2.30. The van der Waals surface area contributed by atoms with E-state index in [0.717, 1.165) is 11.3 Å². The van der Waals surface area contributed by atoms with Crippen molar-refractivity contribution in [3.05, 3.63) is 41.5 Å². The number of rotatable bonds is 4. The summed E-state index contributed by atoms with van der Waals surface area (Å²) in [5.74, 6) is 1.28. The van der Waals surface area contributed by atoms with E-state index in [0.29, 0.717) is 11.5 Å². The smallest absolute Gasteiger partial charge is 0.337 e. The van der Waals surface area contributed by atoms with Crippen LogP contribution in [0.2, 0.25) is 19.1 Å². The van der Waals surface area contributed by atoms with Gasteiger partial charge in [-0.25, -0.2) is 4.79 Å². The highest BCUT2D eigenvalue weighted by molar-refractivity contribution is 6.71. The van der Waals surface area contributed by atoms with Crippen molar-refractivity contribution in [1.29, 1.82) is 0 Å². The van der Waals surface area contributed by atoms with E-state index in [-0.39, 0.29) is 5.97 Å². The van der Waals surface area contributed by atoms with Crippen LogP contribution in [0.15, 0.2) is 30.3 Å². The molecule has 1 atom stereocenters. The summed E-state index contributed by atoms with van der Waals surface area (Å²) in [6.07, 6.45) is 7.21. The van der Waals surface area contributed by atoms with Gasteiger partial charge < -0.3 is 9.16 Å². The van der Waals surface area contributed by atoms with Gasteiger partial charge in [-0.3, -0.25) is 0 Å². The van der Waals surface area contributed by atoms with Crippen LogP contribution in [0.4, 0.5) is 0 Å². The molecule has 0 aliphatic carbocycles. The Morgan fingerprint density at radius 1 is 1.30 bits per heavy atom. The van der Waals surface area contributed by atoms with Crippen LogP contribution in [0, 0.1) is 5.92 Å². The Hall–Kier alpha value is -1.55. The summed E-state index contributed by atoms with van der Waals surface area (Å²) in [5, 5.41) is 0. The van der Waals surface area contributed by atoms with Crippen molar-refractivity contribution in [2.75, 3.05) is 7.11 Å². The van der Waals surface area contributed by atoms with Crippen LogP contribution in [-0.4, -0.2) is 21.4 Å². The number of carbonyl (C=O) groups is 1. The summed E-state index contributed by atoms with van der Waals surface area (Å²) >= 11 is 0. The van der Waals surface area contributed by atoms with Gasteiger partial charge in [0.25, 0.3) is 0 Å². The van der Waals surface area contributed by atoms with E-state index in [4.69, 9.17) is 9.16 Å². The summed E-state index contributed by atoms with van der Waals surface area (Å²) in [5.41, 5.74) is 1.63. The minimum atomic E-state index is -1.67. The normalized spacial score (nSPS) is 23.0. The summed E-state index contributed by atoms with van der Waals surface area (Å²) in [6, 6.07) is 8.76. The topological polar surface area (TPSA) is 35.5 Å². The molecule has 1 aromatic carbocycles. The molecule has 4 heteroatoms. The minimum absolute atomic E-state index is 0.303. The highest BCUT2D eigenvalue weighted by Crippen LogP contribution is 2.32. The fourth-order valence-electron chi connectivity index (χ4n) is 3.11. The molecule has 1 unspecified atom stereocenters. The highest BCUT2D eigenvalue weighted by Gasteiger charge is 2.28. The van der Waals surface area contributed by atoms with Gasteiger partial charge in [-0.2, -0.15) is 0 Å². The van der Waals surface area contributed by atoms with Crippen LogP contribution < -0.4 is 0 Å². The molecule has 0 spiro atoms. The van der Waals surface area contributed by atoms with Gasteiger partial charge in [-0.1, -0.05) is 31.9 Å². The molecule has 1 aliphatic heterocycles. The van der Waals surface area contributed by atoms with E-state index in [1.807, 2.05) is 24.3 Å². The predicted octanol–water partition coefficient (Wildman–Crippen LogP) is 5.25. The average Bonchev–Trinajstić information content (AvgIpc) is 2.52. The first-order valence-electron chi connectivity index (χ1n) is 8.55. The van der Waals surface area contributed by atoms with Crippen LogP contribution in [0.3, 0.4) is 0 Å². The molecule has 1 heterocycles. The second-order valence-electron chi connectivity index (χ2n) is 6.90. The monoisotopic (exact) mass is 332 g/mol. The molecule has 0 bridgehead atoms. The van der Waals surface area contributed by atoms with E-state index in [9.17, 15) is 4.79 Å². The lowest BCUT2D eigenvalue weighted by Gasteiger charge is -2.30. The lowest BCUT2D eigenvalue weighted by molar-refractivity contribution is 0.0600. The van der Waals surface area contributed by atoms with E-state index in [2.05, 4.69) is 26.1 Å². The summed E-state index contributed by atoms with van der Waals surface area (Å²) in [7, 11) is -0.271. The third-order valence-electron chi connectivity index (χ3n) is 4.38. The lowest BCUT2D eigenvalue weighted by Crippen LogP contribution is -2.30. The molecule has 0 radical (unpaired) electrons. The van der Waals surface area contributed by atoms with Crippen molar-refractivity contribution in [3.63, 3.8) is 0 Å². The van der Waals surface area contributed by atoms with Gasteiger partial charge in [0.1, 0.15) is 5.76 Å². The molecule has 3 nitrogen and oxygen atoms in total. The zero-order valence-corrected chi connectivity index (χ0v) is 15.7. The Labute approximate surface area is 140 Å². The number of hydrogen-bond donors (Lipinski definition) is 0. The van der Waals surface area contributed by atoms with E-state index in [1.54, 1.807) is 0 Å². The van der Waals surface area contributed by atoms with Crippen LogP contribution >= 0.6 is 0 Å². The molecule has 0 N–H and O–H groups in total. The number of methoxy groups -OCH3 is 1. The van der Waals surface area contributed by atoms with E-state index >= 15 is 0 Å². The van der Waals surface area contributed by atoms with Gasteiger partial charge in [-0.05, 0) is 56.1 Å². The molecule has 23 heavy (non-hydrogen) atoms. The molecular weight excluding hydrogens is 304 g/mol. The molecule has 0 saturated heterocycles. The first-order valence-corrected chi connectivity index (χ1v) is 11.7. The fourth-order valence-corrected chi connectivity index (χ4v) is 5.05. The number of esters is 1.